The third-order valence-corrected chi connectivity index (χ3v) is 2.86. The summed E-state index contributed by atoms with van der Waals surface area (Å²) >= 11 is 0. The van der Waals surface area contributed by atoms with Gasteiger partial charge in [0.1, 0.15) is 0 Å². The Balaban J connectivity index is 2.41. The van der Waals surface area contributed by atoms with E-state index in [1.807, 2.05) is 25.1 Å². The Morgan fingerprint density at radius 3 is 2.63 bits per heavy atom. The van der Waals surface area contributed by atoms with Gasteiger partial charge in [-0.15, -0.1) is 0 Å². The molecule has 1 aromatic heterocycles. The average Bonchev–Trinajstić information content (AvgIpc) is 2.81. The fourth-order valence-electron chi connectivity index (χ4n) is 1.82. The van der Waals surface area contributed by atoms with E-state index in [9.17, 15) is 13.2 Å². The van der Waals surface area contributed by atoms with Crippen molar-refractivity contribution in [1.29, 1.82) is 0 Å². The first-order chi connectivity index (χ1) is 8.91. The predicted molar refractivity (Wildman–Crippen MR) is 66.1 cm³/mol. The zero-order valence-electron chi connectivity index (χ0n) is 10.4. The summed E-state index contributed by atoms with van der Waals surface area (Å²) in [5.41, 5.74) is 7.20. The van der Waals surface area contributed by atoms with Gasteiger partial charge in [0, 0.05) is 6.20 Å². The lowest BCUT2D eigenvalue weighted by Gasteiger charge is -2.08. The van der Waals surface area contributed by atoms with Crippen molar-refractivity contribution in [2.24, 2.45) is 5.73 Å². The molecule has 0 saturated carbocycles. The van der Waals surface area contributed by atoms with Gasteiger partial charge < -0.3 is 5.73 Å². The highest BCUT2D eigenvalue weighted by molar-refractivity contribution is 5.43. The molecule has 0 fully saturated rings. The zero-order chi connectivity index (χ0) is 14.0. The summed E-state index contributed by atoms with van der Waals surface area (Å²) in [6, 6.07) is 5.59. The van der Waals surface area contributed by atoms with E-state index in [0.29, 0.717) is 18.7 Å². The quantitative estimate of drug-likeness (QED) is 0.931. The fourth-order valence-corrected chi connectivity index (χ4v) is 1.82. The lowest BCUT2D eigenvalue weighted by molar-refractivity contribution is -0.137. The Morgan fingerprint density at radius 2 is 2.05 bits per heavy atom. The molecule has 0 saturated heterocycles. The molecule has 0 amide bonds. The fraction of sp³-hybridized carbons (Fsp3) is 0.308. The lowest BCUT2D eigenvalue weighted by Crippen LogP contribution is -2.05. The summed E-state index contributed by atoms with van der Waals surface area (Å²) < 4.78 is 38.9. The first kappa shape index (κ1) is 13.6. The minimum absolute atomic E-state index is 0.495. The number of aromatic nitrogens is 2. The largest absolute Gasteiger partial charge is 0.419 e. The average molecular weight is 269 g/mol. The first-order valence-electron chi connectivity index (χ1n) is 5.83. The Kier molecular flexibility index (Phi) is 3.61. The van der Waals surface area contributed by atoms with Crippen LogP contribution in [0.3, 0.4) is 0 Å². The third-order valence-electron chi connectivity index (χ3n) is 2.86. The molecule has 102 valence electrons. The number of aryl methyl sites for hydroxylation is 1. The Labute approximate surface area is 108 Å². The van der Waals surface area contributed by atoms with Gasteiger partial charge in [-0.1, -0.05) is 12.1 Å². The highest BCUT2D eigenvalue weighted by Gasteiger charge is 2.32. The molecule has 0 atom stereocenters. The van der Waals surface area contributed by atoms with Gasteiger partial charge in [-0.2, -0.15) is 18.3 Å². The summed E-state index contributed by atoms with van der Waals surface area (Å²) in [6.45, 7) is 2.33. The molecular weight excluding hydrogens is 255 g/mol. The van der Waals surface area contributed by atoms with E-state index < -0.39 is 11.7 Å². The summed E-state index contributed by atoms with van der Waals surface area (Å²) in [6.07, 6.45) is -1.87. The third kappa shape index (κ3) is 2.96. The van der Waals surface area contributed by atoms with Crippen LogP contribution in [0.2, 0.25) is 0 Å². The van der Waals surface area contributed by atoms with Crippen LogP contribution in [0.1, 0.15) is 16.7 Å². The van der Waals surface area contributed by atoms with Gasteiger partial charge in [-0.05, 0) is 37.1 Å². The number of alkyl halides is 3. The van der Waals surface area contributed by atoms with Crippen molar-refractivity contribution >= 4 is 0 Å². The molecule has 1 heterocycles. The van der Waals surface area contributed by atoms with Crippen molar-refractivity contribution in [3.05, 3.63) is 47.3 Å². The molecule has 3 nitrogen and oxygen atoms in total. The second kappa shape index (κ2) is 5.05. The molecule has 1 aromatic carbocycles. The van der Waals surface area contributed by atoms with Gasteiger partial charge in [0.2, 0.25) is 0 Å². The van der Waals surface area contributed by atoms with Crippen LogP contribution in [0.25, 0.3) is 5.69 Å². The molecule has 0 radical (unpaired) electrons. The topological polar surface area (TPSA) is 43.8 Å². The van der Waals surface area contributed by atoms with E-state index in [2.05, 4.69) is 5.10 Å². The summed E-state index contributed by atoms with van der Waals surface area (Å²) in [5, 5.41) is 3.78. The number of rotatable bonds is 3. The van der Waals surface area contributed by atoms with Crippen molar-refractivity contribution < 1.29 is 13.2 Å². The van der Waals surface area contributed by atoms with Crippen LogP contribution in [0.4, 0.5) is 13.2 Å². The maximum Gasteiger partial charge on any atom is 0.419 e. The van der Waals surface area contributed by atoms with Gasteiger partial charge in [-0.25, -0.2) is 4.68 Å². The van der Waals surface area contributed by atoms with Crippen LogP contribution >= 0.6 is 0 Å². The monoisotopic (exact) mass is 269 g/mol. The first-order valence-corrected chi connectivity index (χ1v) is 5.83. The zero-order valence-corrected chi connectivity index (χ0v) is 10.4. The Morgan fingerprint density at radius 1 is 1.32 bits per heavy atom. The smallest absolute Gasteiger partial charge is 0.330 e. The summed E-state index contributed by atoms with van der Waals surface area (Å²) in [4.78, 5) is 0. The molecule has 0 spiro atoms. The molecule has 2 N–H and O–H groups in total. The highest BCUT2D eigenvalue weighted by Crippen LogP contribution is 2.29. The number of hydrogen-bond acceptors (Lipinski definition) is 2. The second-order valence-corrected chi connectivity index (χ2v) is 4.33. The van der Waals surface area contributed by atoms with E-state index in [4.69, 9.17) is 5.73 Å². The summed E-state index contributed by atoms with van der Waals surface area (Å²) in [7, 11) is 0. The van der Waals surface area contributed by atoms with Crippen molar-refractivity contribution in [3.63, 3.8) is 0 Å². The van der Waals surface area contributed by atoms with E-state index in [-0.39, 0.29) is 0 Å². The van der Waals surface area contributed by atoms with Gasteiger partial charge in [0.25, 0.3) is 0 Å². The minimum Gasteiger partial charge on any atom is -0.330 e. The Hall–Kier alpha value is -1.82. The number of benzene rings is 1. The summed E-state index contributed by atoms with van der Waals surface area (Å²) in [5.74, 6) is 0. The normalized spacial score (nSPS) is 11.8. The van der Waals surface area contributed by atoms with Crippen LogP contribution in [0, 0.1) is 6.92 Å². The van der Waals surface area contributed by atoms with Crippen LogP contribution in [0.15, 0.2) is 30.6 Å². The number of halogens is 3. The van der Waals surface area contributed by atoms with Gasteiger partial charge in [0.15, 0.2) is 0 Å². The Bertz CT molecular complexity index is 573. The van der Waals surface area contributed by atoms with Crippen molar-refractivity contribution in [3.8, 4) is 5.69 Å². The van der Waals surface area contributed by atoms with E-state index in [1.165, 1.54) is 4.68 Å². The maximum absolute atomic E-state index is 12.5. The molecule has 0 aliphatic carbocycles. The minimum atomic E-state index is -4.37. The predicted octanol–water partition coefficient (Wildman–Crippen LogP) is 2.70. The number of hydrogen-bond donors (Lipinski definition) is 1. The molecule has 2 aromatic rings. The van der Waals surface area contributed by atoms with E-state index in [0.717, 1.165) is 23.5 Å². The molecule has 0 aliphatic rings. The molecular formula is C13H14F3N3. The van der Waals surface area contributed by atoms with Gasteiger partial charge in [-0.3, -0.25) is 0 Å². The highest BCUT2D eigenvalue weighted by atomic mass is 19.4. The molecule has 0 unspecified atom stereocenters. The lowest BCUT2D eigenvalue weighted by atomic mass is 10.1. The van der Waals surface area contributed by atoms with Crippen molar-refractivity contribution in [1.82, 2.24) is 9.78 Å². The van der Waals surface area contributed by atoms with Gasteiger partial charge >= 0.3 is 6.18 Å². The van der Waals surface area contributed by atoms with Crippen LogP contribution < -0.4 is 5.73 Å². The van der Waals surface area contributed by atoms with E-state index in [1.54, 1.807) is 0 Å². The van der Waals surface area contributed by atoms with Gasteiger partial charge in [0.05, 0.1) is 17.4 Å². The SMILES string of the molecule is Cc1ccc(CCN)cc1-n1cc(C(F)(F)F)cn1. The molecule has 0 aliphatic heterocycles. The molecule has 2 rings (SSSR count). The second-order valence-electron chi connectivity index (χ2n) is 4.33. The van der Waals surface area contributed by atoms with Crippen LogP contribution in [0.5, 0.6) is 0 Å². The molecule has 19 heavy (non-hydrogen) atoms. The van der Waals surface area contributed by atoms with Crippen LogP contribution in [-0.4, -0.2) is 16.3 Å². The van der Waals surface area contributed by atoms with Crippen LogP contribution in [-0.2, 0) is 12.6 Å². The molecule has 6 heteroatoms. The molecule has 0 bridgehead atoms. The number of nitrogens with two attached hydrogens (primary N) is 1. The maximum atomic E-state index is 12.5. The van der Waals surface area contributed by atoms with Crippen molar-refractivity contribution in [2.45, 2.75) is 19.5 Å². The van der Waals surface area contributed by atoms with Crippen molar-refractivity contribution in [2.75, 3.05) is 6.54 Å². The standard InChI is InChI=1S/C13H14F3N3/c1-9-2-3-10(4-5-17)6-12(9)19-8-11(7-18-19)13(14,15)16/h2-3,6-8H,4-5,17H2,1H3. The van der Waals surface area contributed by atoms with E-state index >= 15 is 0 Å². The number of nitrogens with zero attached hydrogens (tertiary/aromatic N) is 2.